The van der Waals surface area contributed by atoms with Gasteiger partial charge in [0.25, 0.3) is 17.4 Å². The maximum atomic E-state index is 12.3. The van der Waals surface area contributed by atoms with Gasteiger partial charge in [-0.3, -0.25) is 14.9 Å². The molecule has 0 heterocycles. The number of halogens is 2. The van der Waals surface area contributed by atoms with Gasteiger partial charge in [0.1, 0.15) is 0 Å². The van der Waals surface area contributed by atoms with Crippen molar-refractivity contribution in [2.24, 2.45) is 0 Å². The molecule has 0 aliphatic rings. The number of thioether (sulfide) groups is 1. The van der Waals surface area contributed by atoms with Gasteiger partial charge in [0.2, 0.25) is 0 Å². The number of rotatable bonds is 8. The maximum absolute atomic E-state index is 12.3. The fourth-order valence-corrected chi connectivity index (χ4v) is 2.66. The number of nitrogens with one attached hydrogen (secondary N) is 2. The van der Waals surface area contributed by atoms with Gasteiger partial charge in [0.15, 0.2) is 6.61 Å². The van der Waals surface area contributed by atoms with E-state index in [0.717, 1.165) is 6.07 Å². The number of non-ortho nitro benzene ring substituents is 1. The van der Waals surface area contributed by atoms with E-state index in [1.54, 1.807) is 0 Å². The molecule has 0 spiro atoms. The van der Waals surface area contributed by atoms with E-state index in [-0.39, 0.29) is 11.3 Å². The quantitative estimate of drug-likeness (QED) is 0.295. The number of benzene rings is 2. The normalized spacial score (nSPS) is 10.4. The van der Waals surface area contributed by atoms with Crippen LogP contribution < -0.4 is 10.6 Å². The summed E-state index contributed by atoms with van der Waals surface area (Å²) < 4.78 is 29.4. The SMILES string of the molecule is CNc1ccc([N+](=O)[O-])cc1C(=O)OCC(=O)Nc1ccc(SC(F)F)cc1. The van der Waals surface area contributed by atoms with Crippen molar-refractivity contribution in [1.29, 1.82) is 0 Å². The largest absolute Gasteiger partial charge is 0.452 e. The lowest BCUT2D eigenvalue weighted by Gasteiger charge is -2.10. The van der Waals surface area contributed by atoms with Crippen molar-refractivity contribution < 1.29 is 28.0 Å². The molecule has 2 aromatic carbocycles. The number of hydrogen-bond acceptors (Lipinski definition) is 7. The molecular weight excluding hydrogens is 396 g/mol. The van der Waals surface area contributed by atoms with Crippen LogP contribution in [0.5, 0.6) is 0 Å². The summed E-state index contributed by atoms with van der Waals surface area (Å²) in [6.45, 7) is -0.627. The summed E-state index contributed by atoms with van der Waals surface area (Å²) in [6, 6.07) is 9.33. The summed E-state index contributed by atoms with van der Waals surface area (Å²) in [5.41, 5.74) is 0.268. The fourth-order valence-electron chi connectivity index (χ4n) is 2.16. The van der Waals surface area contributed by atoms with Gasteiger partial charge in [-0.1, -0.05) is 11.8 Å². The molecule has 148 valence electrons. The van der Waals surface area contributed by atoms with Crippen LogP contribution in [-0.4, -0.2) is 36.2 Å². The minimum absolute atomic E-state index is 0.0853. The smallest absolute Gasteiger partial charge is 0.341 e. The first-order valence-electron chi connectivity index (χ1n) is 7.78. The molecule has 2 N–H and O–H groups in total. The van der Waals surface area contributed by atoms with Gasteiger partial charge in [0, 0.05) is 35.5 Å². The minimum Gasteiger partial charge on any atom is -0.452 e. The molecule has 0 bridgehead atoms. The number of anilines is 2. The molecular formula is C17H15F2N3O5S. The number of carbonyl (C=O) groups is 2. The van der Waals surface area contributed by atoms with E-state index in [1.165, 1.54) is 43.4 Å². The zero-order valence-electron chi connectivity index (χ0n) is 14.5. The molecule has 0 saturated heterocycles. The fraction of sp³-hybridized carbons (Fsp3) is 0.176. The topological polar surface area (TPSA) is 111 Å². The number of alkyl halides is 2. The lowest BCUT2D eigenvalue weighted by molar-refractivity contribution is -0.384. The average molecular weight is 411 g/mol. The van der Waals surface area contributed by atoms with Crippen molar-refractivity contribution in [3.05, 3.63) is 58.1 Å². The second-order valence-corrected chi connectivity index (χ2v) is 6.33. The van der Waals surface area contributed by atoms with Gasteiger partial charge >= 0.3 is 5.97 Å². The first-order valence-corrected chi connectivity index (χ1v) is 8.66. The summed E-state index contributed by atoms with van der Waals surface area (Å²) in [5.74, 6) is -4.11. The zero-order valence-corrected chi connectivity index (χ0v) is 15.3. The Balaban J connectivity index is 1.96. The summed E-state index contributed by atoms with van der Waals surface area (Å²) in [7, 11) is 1.53. The van der Waals surface area contributed by atoms with E-state index in [9.17, 15) is 28.5 Å². The molecule has 28 heavy (non-hydrogen) atoms. The van der Waals surface area contributed by atoms with Gasteiger partial charge in [-0.05, 0) is 30.3 Å². The molecule has 8 nitrogen and oxygen atoms in total. The minimum atomic E-state index is -2.55. The number of ether oxygens (including phenoxy) is 1. The Morgan fingerprint density at radius 2 is 1.89 bits per heavy atom. The van der Waals surface area contributed by atoms with Gasteiger partial charge < -0.3 is 15.4 Å². The monoisotopic (exact) mass is 411 g/mol. The van der Waals surface area contributed by atoms with Crippen LogP contribution in [0.3, 0.4) is 0 Å². The predicted molar refractivity (Wildman–Crippen MR) is 99.9 cm³/mol. The van der Waals surface area contributed by atoms with E-state index in [1.807, 2.05) is 0 Å². The van der Waals surface area contributed by atoms with Gasteiger partial charge in [-0.15, -0.1) is 0 Å². The first kappa shape index (κ1) is 21.1. The number of nitrogens with zero attached hydrogens (tertiary/aromatic N) is 1. The second-order valence-electron chi connectivity index (χ2n) is 5.26. The highest BCUT2D eigenvalue weighted by Gasteiger charge is 2.18. The molecule has 1 amide bonds. The van der Waals surface area contributed by atoms with E-state index in [2.05, 4.69) is 10.6 Å². The van der Waals surface area contributed by atoms with Crippen molar-refractivity contribution in [1.82, 2.24) is 0 Å². The van der Waals surface area contributed by atoms with Crippen molar-refractivity contribution in [2.45, 2.75) is 10.7 Å². The molecule has 0 unspecified atom stereocenters. The Kier molecular flexibility index (Phi) is 7.27. The number of esters is 1. The van der Waals surface area contributed by atoms with Crippen LogP contribution in [0.2, 0.25) is 0 Å². The highest BCUT2D eigenvalue weighted by molar-refractivity contribution is 7.99. The van der Waals surface area contributed by atoms with Gasteiger partial charge in [0.05, 0.1) is 10.5 Å². The van der Waals surface area contributed by atoms with Crippen molar-refractivity contribution in [2.75, 3.05) is 24.3 Å². The van der Waals surface area contributed by atoms with Crippen LogP contribution >= 0.6 is 11.8 Å². The number of nitro benzene ring substituents is 1. The summed E-state index contributed by atoms with van der Waals surface area (Å²) >= 11 is 0.375. The Labute approximate surface area is 162 Å². The standard InChI is InChI=1S/C17H15F2N3O5S/c1-20-14-7-4-11(22(25)26)8-13(14)16(24)27-9-15(23)21-10-2-5-12(6-3-10)28-17(18)19/h2-8,17,20H,9H2,1H3,(H,21,23). The van der Waals surface area contributed by atoms with Gasteiger partial charge in [-0.2, -0.15) is 8.78 Å². The number of carbonyl (C=O) groups excluding carboxylic acids is 2. The van der Waals surface area contributed by atoms with Crippen LogP contribution in [0.4, 0.5) is 25.8 Å². The molecule has 2 rings (SSSR count). The third kappa shape index (κ3) is 5.91. The lowest BCUT2D eigenvalue weighted by atomic mass is 10.1. The lowest BCUT2D eigenvalue weighted by Crippen LogP contribution is -2.21. The van der Waals surface area contributed by atoms with Crippen molar-refractivity contribution in [3.8, 4) is 0 Å². The molecule has 0 saturated carbocycles. The Bertz CT molecular complexity index is 878. The predicted octanol–water partition coefficient (Wildman–Crippen LogP) is 3.75. The highest BCUT2D eigenvalue weighted by atomic mass is 32.2. The van der Waals surface area contributed by atoms with Crippen molar-refractivity contribution >= 4 is 40.7 Å². The van der Waals surface area contributed by atoms with Crippen LogP contribution in [-0.2, 0) is 9.53 Å². The molecule has 0 aromatic heterocycles. The number of nitro groups is 1. The molecule has 2 aromatic rings. The Hall–Kier alpha value is -3.21. The van der Waals surface area contributed by atoms with Crippen LogP contribution in [0.15, 0.2) is 47.4 Å². The maximum Gasteiger partial charge on any atom is 0.341 e. The molecule has 0 radical (unpaired) electrons. The zero-order chi connectivity index (χ0) is 20.7. The van der Waals surface area contributed by atoms with Crippen LogP contribution in [0.25, 0.3) is 0 Å². The van der Waals surface area contributed by atoms with E-state index in [4.69, 9.17) is 4.74 Å². The molecule has 11 heteroatoms. The van der Waals surface area contributed by atoms with Gasteiger partial charge in [-0.25, -0.2) is 4.79 Å². The molecule has 0 atom stereocenters. The summed E-state index contributed by atoms with van der Waals surface area (Å²) in [4.78, 5) is 34.6. The summed E-state index contributed by atoms with van der Waals surface area (Å²) in [5, 5.41) is 16.0. The van der Waals surface area contributed by atoms with Crippen LogP contribution in [0.1, 0.15) is 10.4 Å². The molecule has 0 fully saturated rings. The average Bonchev–Trinajstić information content (AvgIpc) is 2.66. The first-order chi connectivity index (χ1) is 13.3. The van der Waals surface area contributed by atoms with Crippen LogP contribution in [0, 0.1) is 10.1 Å². The van der Waals surface area contributed by atoms with Crippen molar-refractivity contribution in [3.63, 3.8) is 0 Å². The number of hydrogen-bond donors (Lipinski definition) is 2. The number of amides is 1. The van der Waals surface area contributed by atoms with E-state index in [0.29, 0.717) is 28.0 Å². The third-order valence-corrected chi connectivity index (χ3v) is 4.12. The second kappa shape index (κ2) is 9.65. The van der Waals surface area contributed by atoms with E-state index < -0.39 is 29.2 Å². The highest BCUT2D eigenvalue weighted by Crippen LogP contribution is 2.26. The van der Waals surface area contributed by atoms with E-state index >= 15 is 0 Å². The Morgan fingerprint density at radius 3 is 2.46 bits per heavy atom. The molecule has 0 aliphatic carbocycles. The Morgan fingerprint density at radius 1 is 1.21 bits per heavy atom. The molecule has 0 aliphatic heterocycles. The summed E-state index contributed by atoms with van der Waals surface area (Å²) in [6.07, 6.45) is 0. The third-order valence-electron chi connectivity index (χ3n) is 3.40.